The molecule has 0 heterocycles. The molecule has 0 saturated carbocycles. The molecule has 18 heavy (non-hydrogen) atoms. The van der Waals surface area contributed by atoms with Crippen molar-refractivity contribution in [1.82, 2.24) is 0 Å². The topological polar surface area (TPSA) is 81.8 Å². The van der Waals surface area contributed by atoms with Gasteiger partial charge in [0.15, 0.2) is 11.5 Å². The highest BCUT2D eigenvalue weighted by Gasteiger charge is 2.20. The van der Waals surface area contributed by atoms with Crippen LogP contribution in [0.15, 0.2) is 6.07 Å². The number of carboxylic acids is 1. The third-order valence-corrected chi connectivity index (χ3v) is 3.08. The molecular weight excluding hydrogens is 258 g/mol. The molecule has 1 aromatic rings. The summed E-state index contributed by atoms with van der Waals surface area (Å²) < 4.78 is 10.3. The van der Waals surface area contributed by atoms with Crippen LogP contribution in [0.3, 0.4) is 0 Å². The molecule has 1 atom stereocenters. The standard InChI is InChI=1S/C12H16ClNO4/c1-6-4-9(17-2)11(18-3)10(13)7(6)5-8(14)12(15)16/h4,8H,5,14H2,1-3H3,(H,15,16). The van der Waals surface area contributed by atoms with Crippen molar-refractivity contribution in [3.05, 3.63) is 22.2 Å². The Morgan fingerprint density at radius 3 is 2.56 bits per heavy atom. The van der Waals surface area contributed by atoms with Crippen molar-refractivity contribution in [2.75, 3.05) is 14.2 Å². The molecule has 1 rings (SSSR count). The number of hydrogen-bond acceptors (Lipinski definition) is 4. The van der Waals surface area contributed by atoms with Crippen LogP contribution in [0.5, 0.6) is 11.5 Å². The number of nitrogens with two attached hydrogens (primary N) is 1. The molecule has 3 N–H and O–H groups in total. The van der Waals surface area contributed by atoms with E-state index in [1.807, 2.05) is 6.92 Å². The molecule has 1 unspecified atom stereocenters. The van der Waals surface area contributed by atoms with Crippen LogP contribution < -0.4 is 15.2 Å². The van der Waals surface area contributed by atoms with Crippen molar-refractivity contribution in [3.8, 4) is 11.5 Å². The quantitative estimate of drug-likeness (QED) is 0.852. The number of aryl methyl sites for hydroxylation is 1. The maximum atomic E-state index is 10.8. The van der Waals surface area contributed by atoms with Crippen LogP contribution in [0, 0.1) is 6.92 Å². The van der Waals surface area contributed by atoms with Gasteiger partial charge in [0, 0.05) is 6.42 Å². The van der Waals surface area contributed by atoms with Gasteiger partial charge in [-0.15, -0.1) is 0 Å². The fourth-order valence-electron chi connectivity index (χ4n) is 1.67. The molecule has 0 spiro atoms. The van der Waals surface area contributed by atoms with E-state index in [-0.39, 0.29) is 6.42 Å². The second kappa shape index (κ2) is 5.93. The largest absolute Gasteiger partial charge is 0.493 e. The first-order valence-electron chi connectivity index (χ1n) is 5.30. The van der Waals surface area contributed by atoms with Crippen LogP contribution in [-0.2, 0) is 11.2 Å². The zero-order valence-corrected chi connectivity index (χ0v) is 11.2. The Morgan fingerprint density at radius 1 is 1.50 bits per heavy atom. The molecule has 0 radical (unpaired) electrons. The van der Waals surface area contributed by atoms with Crippen LogP contribution in [0.1, 0.15) is 11.1 Å². The zero-order chi connectivity index (χ0) is 13.9. The van der Waals surface area contributed by atoms with Gasteiger partial charge in [0.25, 0.3) is 0 Å². The lowest BCUT2D eigenvalue weighted by atomic mass is 10.0. The summed E-state index contributed by atoms with van der Waals surface area (Å²) in [6.07, 6.45) is 0.139. The number of ether oxygens (including phenoxy) is 2. The lowest BCUT2D eigenvalue weighted by Gasteiger charge is -2.16. The lowest BCUT2D eigenvalue weighted by molar-refractivity contribution is -0.138. The van der Waals surface area contributed by atoms with Crippen LogP contribution in [0.2, 0.25) is 5.02 Å². The molecule has 0 saturated heterocycles. The molecule has 100 valence electrons. The maximum absolute atomic E-state index is 10.8. The Labute approximate surface area is 110 Å². The van der Waals surface area contributed by atoms with E-state index < -0.39 is 12.0 Å². The van der Waals surface area contributed by atoms with Crippen LogP contribution in [0.25, 0.3) is 0 Å². The van der Waals surface area contributed by atoms with Gasteiger partial charge in [0.05, 0.1) is 19.2 Å². The second-order valence-electron chi connectivity index (χ2n) is 3.87. The predicted molar refractivity (Wildman–Crippen MR) is 68.6 cm³/mol. The third kappa shape index (κ3) is 2.86. The highest BCUT2D eigenvalue weighted by molar-refractivity contribution is 6.33. The van der Waals surface area contributed by atoms with E-state index in [2.05, 4.69) is 0 Å². The van der Waals surface area contributed by atoms with Gasteiger partial charge in [0.1, 0.15) is 6.04 Å². The number of rotatable bonds is 5. The van der Waals surface area contributed by atoms with E-state index in [1.165, 1.54) is 14.2 Å². The summed E-state index contributed by atoms with van der Waals surface area (Å²) in [6, 6.07) is 0.744. The average molecular weight is 274 g/mol. The highest BCUT2D eigenvalue weighted by Crippen LogP contribution is 2.39. The van der Waals surface area contributed by atoms with Crippen LogP contribution >= 0.6 is 11.6 Å². The smallest absolute Gasteiger partial charge is 0.320 e. The number of hydrogen-bond donors (Lipinski definition) is 2. The summed E-state index contributed by atoms with van der Waals surface area (Å²) in [6.45, 7) is 1.82. The van der Waals surface area contributed by atoms with Gasteiger partial charge < -0.3 is 20.3 Å². The second-order valence-corrected chi connectivity index (χ2v) is 4.25. The van der Waals surface area contributed by atoms with Crippen LogP contribution in [-0.4, -0.2) is 31.3 Å². The molecule has 0 aromatic heterocycles. The Hall–Kier alpha value is -1.46. The maximum Gasteiger partial charge on any atom is 0.320 e. The Bertz CT molecular complexity index is 462. The lowest BCUT2D eigenvalue weighted by Crippen LogP contribution is -2.32. The zero-order valence-electron chi connectivity index (χ0n) is 10.5. The van der Waals surface area contributed by atoms with Crippen molar-refractivity contribution in [3.63, 3.8) is 0 Å². The number of carboxylic acid groups (broad SMARTS) is 1. The van der Waals surface area contributed by atoms with Crippen molar-refractivity contribution in [2.24, 2.45) is 5.73 Å². The summed E-state index contributed by atoms with van der Waals surface area (Å²) >= 11 is 6.19. The van der Waals surface area contributed by atoms with Gasteiger partial charge in [-0.2, -0.15) is 0 Å². The molecule has 0 fully saturated rings. The Balaban J connectivity index is 3.24. The van der Waals surface area contributed by atoms with Crippen molar-refractivity contribution < 1.29 is 19.4 Å². The van der Waals surface area contributed by atoms with E-state index in [1.54, 1.807) is 6.07 Å². The summed E-state index contributed by atoms with van der Waals surface area (Å²) in [5, 5.41) is 9.17. The number of halogens is 1. The van der Waals surface area contributed by atoms with E-state index >= 15 is 0 Å². The SMILES string of the molecule is COc1cc(C)c(CC(N)C(=O)O)c(Cl)c1OC. The Kier molecular flexibility index (Phi) is 4.81. The first-order chi connectivity index (χ1) is 8.42. The molecule has 0 aliphatic rings. The van der Waals surface area contributed by atoms with E-state index in [0.717, 1.165) is 5.56 Å². The molecule has 0 amide bonds. The monoisotopic (exact) mass is 273 g/mol. The molecule has 0 aliphatic carbocycles. The van der Waals surface area contributed by atoms with E-state index in [4.69, 9.17) is 31.9 Å². The molecule has 0 aliphatic heterocycles. The minimum atomic E-state index is -1.07. The summed E-state index contributed by atoms with van der Waals surface area (Å²) in [7, 11) is 2.98. The van der Waals surface area contributed by atoms with Gasteiger partial charge in [-0.1, -0.05) is 11.6 Å². The van der Waals surface area contributed by atoms with E-state index in [0.29, 0.717) is 22.1 Å². The fraction of sp³-hybridized carbons (Fsp3) is 0.417. The van der Waals surface area contributed by atoms with Gasteiger partial charge >= 0.3 is 5.97 Å². The number of aliphatic carboxylic acids is 1. The van der Waals surface area contributed by atoms with Crippen molar-refractivity contribution in [1.29, 1.82) is 0 Å². The molecule has 5 nitrogen and oxygen atoms in total. The minimum Gasteiger partial charge on any atom is -0.493 e. The van der Waals surface area contributed by atoms with Crippen molar-refractivity contribution >= 4 is 17.6 Å². The highest BCUT2D eigenvalue weighted by atomic mass is 35.5. The predicted octanol–water partition coefficient (Wildman–Crippen LogP) is 1.62. The Morgan fingerprint density at radius 2 is 2.11 bits per heavy atom. The van der Waals surface area contributed by atoms with Gasteiger partial charge in [-0.25, -0.2) is 0 Å². The van der Waals surface area contributed by atoms with Gasteiger partial charge in [-0.3, -0.25) is 4.79 Å². The molecule has 0 bridgehead atoms. The summed E-state index contributed by atoms with van der Waals surface area (Å²) in [5.74, 6) is -0.176. The number of benzene rings is 1. The molecule has 1 aromatic carbocycles. The van der Waals surface area contributed by atoms with Crippen LogP contribution in [0.4, 0.5) is 0 Å². The third-order valence-electron chi connectivity index (χ3n) is 2.68. The summed E-state index contributed by atoms with van der Waals surface area (Å²) in [5.41, 5.74) is 6.99. The number of methoxy groups -OCH3 is 2. The molecular formula is C12H16ClNO4. The van der Waals surface area contributed by atoms with E-state index in [9.17, 15) is 4.79 Å². The average Bonchev–Trinajstić information content (AvgIpc) is 2.33. The minimum absolute atomic E-state index is 0.139. The first kappa shape index (κ1) is 14.6. The fourth-order valence-corrected chi connectivity index (χ4v) is 2.06. The number of carbonyl (C=O) groups is 1. The normalized spacial score (nSPS) is 12.1. The van der Waals surface area contributed by atoms with Crippen molar-refractivity contribution in [2.45, 2.75) is 19.4 Å². The summed E-state index contributed by atoms with van der Waals surface area (Å²) in [4.78, 5) is 10.8. The first-order valence-corrected chi connectivity index (χ1v) is 5.68. The van der Waals surface area contributed by atoms with Gasteiger partial charge in [0.2, 0.25) is 0 Å². The van der Waals surface area contributed by atoms with Gasteiger partial charge in [-0.05, 0) is 24.1 Å². The molecule has 6 heteroatoms.